The molecule has 1 aromatic carbocycles. The van der Waals surface area contributed by atoms with Gasteiger partial charge < -0.3 is 0 Å². The molecule has 1 aromatic rings. The van der Waals surface area contributed by atoms with E-state index < -0.39 is 10.1 Å². The average molecular weight is 377 g/mol. The monoisotopic (exact) mass is 376 g/mol. The fraction of sp³-hybridized carbons (Fsp3) is 0.533. The molecule has 0 aliphatic carbocycles. The maximum atomic E-state index is 12.0. The van der Waals surface area contributed by atoms with Crippen LogP contribution in [0.1, 0.15) is 39.5 Å². The second-order valence-corrected chi connectivity index (χ2v) is 7.37. The lowest BCUT2D eigenvalue weighted by molar-refractivity contribution is -0.123. The van der Waals surface area contributed by atoms with Gasteiger partial charge in [-0.05, 0) is 37.1 Å². The predicted molar refractivity (Wildman–Crippen MR) is 85.6 cm³/mol. The van der Waals surface area contributed by atoms with Crippen LogP contribution in [-0.2, 0) is 19.1 Å². The van der Waals surface area contributed by atoms with E-state index >= 15 is 0 Å². The van der Waals surface area contributed by atoms with Gasteiger partial charge in [0, 0.05) is 16.8 Å². The second-order valence-electron chi connectivity index (χ2n) is 4.84. The zero-order valence-electron chi connectivity index (χ0n) is 12.3. The van der Waals surface area contributed by atoms with E-state index in [0.717, 1.165) is 23.7 Å². The van der Waals surface area contributed by atoms with Crippen molar-refractivity contribution in [2.75, 3.05) is 6.61 Å². The van der Waals surface area contributed by atoms with Crippen LogP contribution >= 0.6 is 15.9 Å². The Morgan fingerprint density at radius 2 is 1.86 bits per heavy atom. The van der Waals surface area contributed by atoms with Crippen molar-refractivity contribution >= 4 is 31.8 Å². The number of carbonyl (C=O) groups is 1. The van der Waals surface area contributed by atoms with Crippen molar-refractivity contribution in [3.63, 3.8) is 0 Å². The molecule has 4 nitrogen and oxygen atoms in total. The fourth-order valence-electron chi connectivity index (χ4n) is 2.07. The molecule has 0 radical (unpaired) electrons. The second kappa shape index (κ2) is 8.66. The molecule has 0 saturated carbocycles. The zero-order valence-corrected chi connectivity index (χ0v) is 14.7. The van der Waals surface area contributed by atoms with Gasteiger partial charge in [-0.15, -0.1) is 0 Å². The van der Waals surface area contributed by atoms with Crippen LogP contribution < -0.4 is 0 Å². The van der Waals surface area contributed by atoms with Gasteiger partial charge in [0.2, 0.25) is 0 Å². The Morgan fingerprint density at radius 1 is 1.24 bits per heavy atom. The van der Waals surface area contributed by atoms with Crippen molar-refractivity contribution in [2.24, 2.45) is 5.92 Å². The smallest absolute Gasteiger partial charge is 0.296 e. The summed E-state index contributed by atoms with van der Waals surface area (Å²) in [4.78, 5) is 12.0. The Morgan fingerprint density at radius 3 is 2.38 bits per heavy atom. The number of halogens is 1. The summed E-state index contributed by atoms with van der Waals surface area (Å²) in [6.45, 7) is 3.90. The third-order valence-corrected chi connectivity index (χ3v) is 5.13. The first kappa shape index (κ1) is 18.3. The molecule has 0 fully saturated rings. The molecule has 0 aliphatic rings. The molecule has 0 N–H and O–H groups in total. The highest BCUT2D eigenvalue weighted by Gasteiger charge is 2.18. The minimum Gasteiger partial charge on any atom is -0.299 e. The molecule has 0 aromatic heterocycles. The standard InChI is InChI=1S/C15H21BrO4S/c1-3-5-12(4-2)15(17)10-11-20-21(18,19)14-8-6-13(16)7-9-14/h6-9,12H,3-5,10-11H2,1-2H3. The Labute approximate surface area is 135 Å². The lowest BCUT2D eigenvalue weighted by Gasteiger charge is -2.12. The highest BCUT2D eigenvalue weighted by atomic mass is 79.9. The van der Waals surface area contributed by atoms with Gasteiger partial charge in [0.15, 0.2) is 0 Å². The summed E-state index contributed by atoms with van der Waals surface area (Å²) in [5, 5.41) is 0. The van der Waals surface area contributed by atoms with E-state index in [0.29, 0.717) is 0 Å². The van der Waals surface area contributed by atoms with E-state index in [2.05, 4.69) is 15.9 Å². The molecule has 1 atom stereocenters. The quantitative estimate of drug-likeness (QED) is 0.612. The molecule has 0 bridgehead atoms. The molecule has 0 amide bonds. The van der Waals surface area contributed by atoms with Crippen LogP contribution in [-0.4, -0.2) is 20.8 Å². The van der Waals surface area contributed by atoms with Crippen LogP contribution in [0.5, 0.6) is 0 Å². The van der Waals surface area contributed by atoms with Gasteiger partial charge in [-0.25, -0.2) is 0 Å². The molecule has 1 rings (SSSR count). The Bertz CT molecular complexity index is 552. The number of ketones is 1. The Kier molecular flexibility index (Phi) is 7.56. The summed E-state index contributed by atoms with van der Waals surface area (Å²) in [5.74, 6) is 0.0827. The number of rotatable bonds is 9. The van der Waals surface area contributed by atoms with Crippen molar-refractivity contribution < 1.29 is 17.4 Å². The summed E-state index contributed by atoms with van der Waals surface area (Å²) >= 11 is 3.24. The first-order valence-electron chi connectivity index (χ1n) is 7.08. The molecule has 1 unspecified atom stereocenters. The first-order chi connectivity index (χ1) is 9.90. The van der Waals surface area contributed by atoms with E-state index in [-0.39, 0.29) is 29.6 Å². The summed E-state index contributed by atoms with van der Waals surface area (Å²) in [6.07, 6.45) is 2.71. The third-order valence-electron chi connectivity index (χ3n) is 3.27. The van der Waals surface area contributed by atoms with E-state index in [1.54, 1.807) is 12.1 Å². The minimum atomic E-state index is -3.79. The highest BCUT2D eigenvalue weighted by molar-refractivity contribution is 9.10. The van der Waals surface area contributed by atoms with E-state index in [1.165, 1.54) is 12.1 Å². The molecule has 6 heteroatoms. The van der Waals surface area contributed by atoms with Gasteiger partial charge in [0.1, 0.15) is 5.78 Å². The number of benzene rings is 1. The maximum absolute atomic E-state index is 12.0. The van der Waals surface area contributed by atoms with E-state index in [9.17, 15) is 13.2 Å². The molecule has 118 valence electrons. The van der Waals surface area contributed by atoms with Crippen LogP contribution in [0.4, 0.5) is 0 Å². The van der Waals surface area contributed by atoms with Crippen molar-refractivity contribution in [1.29, 1.82) is 0 Å². The van der Waals surface area contributed by atoms with Crippen molar-refractivity contribution in [1.82, 2.24) is 0 Å². The van der Waals surface area contributed by atoms with Gasteiger partial charge in [-0.2, -0.15) is 8.42 Å². The van der Waals surface area contributed by atoms with Gasteiger partial charge in [0.25, 0.3) is 10.1 Å². The summed E-state index contributed by atoms with van der Waals surface area (Å²) in [5.41, 5.74) is 0. The molecule has 0 spiro atoms. The molecule has 0 aliphatic heterocycles. The molecular weight excluding hydrogens is 356 g/mol. The zero-order chi connectivity index (χ0) is 15.9. The maximum Gasteiger partial charge on any atom is 0.296 e. The van der Waals surface area contributed by atoms with Crippen LogP contribution in [0.2, 0.25) is 0 Å². The predicted octanol–water partition coefficient (Wildman–Crippen LogP) is 3.94. The molecule has 21 heavy (non-hydrogen) atoms. The summed E-state index contributed by atoms with van der Waals surface area (Å²) < 4.78 is 29.6. The Hall–Kier alpha value is -0.720. The van der Waals surface area contributed by atoms with Gasteiger partial charge in [-0.3, -0.25) is 8.98 Å². The molecule has 0 heterocycles. The third kappa shape index (κ3) is 5.88. The van der Waals surface area contributed by atoms with Crippen LogP contribution in [0.15, 0.2) is 33.6 Å². The van der Waals surface area contributed by atoms with Gasteiger partial charge >= 0.3 is 0 Å². The molecular formula is C15H21BrO4S. The highest BCUT2D eigenvalue weighted by Crippen LogP contribution is 2.18. The van der Waals surface area contributed by atoms with E-state index in [1.807, 2.05) is 13.8 Å². The first-order valence-corrected chi connectivity index (χ1v) is 9.28. The topological polar surface area (TPSA) is 60.4 Å². The normalized spacial score (nSPS) is 13.1. The van der Waals surface area contributed by atoms with E-state index in [4.69, 9.17) is 4.18 Å². The van der Waals surface area contributed by atoms with Crippen LogP contribution in [0, 0.1) is 5.92 Å². The number of Topliss-reactive ketones (excluding diaryl/α,β-unsaturated/α-hetero) is 1. The minimum absolute atomic E-state index is 0.00832. The number of hydrogen-bond donors (Lipinski definition) is 0. The lowest BCUT2D eigenvalue weighted by atomic mass is 9.94. The fourth-order valence-corrected chi connectivity index (χ4v) is 3.24. The number of carbonyl (C=O) groups excluding carboxylic acids is 1. The largest absolute Gasteiger partial charge is 0.299 e. The average Bonchev–Trinajstić information content (AvgIpc) is 2.44. The lowest BCUT2D eigenvalue weighted by Crippen LogP contribution is -2.17. The van der Waals surface area contributed by atoms with Gasteiger partial charge in [0.05, 0.1) is 11.5 Å². The summed E-state index contributed by atoms with van der Waals surface area (Å²) in [6, 6.07) is 6.20. The SMILES string of the molecule is CCCC(CC)C(=O)CCOS(=O)(=O)c1ccc(Br)cc1. The van der Waals surface area contributed by atoms with Crippen molar-refractivity contribution in [2.45, 2.75) is 44.4 Å². The van der Waals surface area contributed by atoms with Crippen molar-refractivity contribution in [3.8, 4) is 0 Å². The van der Waals surface area contributed by atoms with Crippen LogP contribution in [0.3, 0.4) is 0 Å². The van der Waals surface area contributed by atoms with Crippen LogP contribution in [0.25, 0.3) is 0 Å². The van der Waals surface area contributed by atoms with Crippen molar-refractivity contribution in [3.05, 3.63) is 28.7 Å². The number of hydrogen-bond acceptors (Lipinski definition) is 4. The summed E-state index contributed by atoms with van der Waals surface area (Å²) in [7, 11) is -3.79. The Balaban J connectivity index is 2.54. The van der Waals surface area contributed by atoms with Gasteiger partial charge in [-0.1, -0.05) is 36.2 Å². The molecule has 0 saturated heterocycles.